The summed E-state index contributed by atoms with van der Waals surface area (Å²) < 4.78 is 102. The number of amides is 2. The van der Waals surface area contributed by atoms with Crippen molar-refractivity contribution in [3.8, 4) is 5.75 Å². The molecule has 0 aliphatic carbocycles. The number of carbonyl (C=O) groups excluding carboxylic acids is 2. The van der Waals surface area contributed by atoms with Gasteiger partial charge in [-0.05, 0) is 48.1 Å². The molecule has 0 radical (unpaired) electrons. The average Bonchev–Trinajstić information content (AvgIpc) is 3.29. The molecular formula is C27H26F7N3O4. The second kappa shape index (κ2) is 12.0. The predicted octanol–water partition coefficient (Wildman–Crippen LogP) is 5.52. The number of hydrogen-bond donors (Lipinski definition) is 1. The zero-order valence-electron chi connectivity index (χ0n) is 21.7. The Morgan fingerprint density at radius 2 is 1.76 bits per heavy atom. The summed E-state index contributed by atoms with van der Waals surface area (Å²) in [5.41, 5.74) is 0.896. The number of hydrogen-bond acceptors (Lipinski definition) is 4. The van der Waals surface area contributed by atoms with Gasteiger partial charge in [0.2, 0.25) is 0 Å². The number of fused-ring (bicyclic) bond motifs is 1. The molecule has 1 saturated heterocycles. The van der Waals surface area contributed by atoms with Gasteiger partial charge in [-0.1, -0.05) is 18.2 Å². The van der Waals surface area contributed by atoms with Gasteiger partial charge in [-0.15, -0.1) is 13.2 Å². The molecule has 0 saturated carbocycles. The highest BCUT2D eigenvalue weighted by molar-refractivity contribution is 6.09. The molecule has 2 heterocycles. The van der Waals surface area contributed by atoms with E-state index in [1.807, 2.05) is 0 Å². The van der Waals surface area contributed by atoms with Gasteiger partial charge in [0, 0.05) is 39.5 Å². The molecule has 222 valence electrons. The van der Waals surface area contributed by atoms with Gasteiger partial charge in [-0.2, -0.15) is 13.2 Å². The lowest BCUT2D eigenvalue weighted by molar-refractivity contribution is -0.274. The van der Waals surface area contributed by atoms with Crippen LogP contribution in [0.3, 0.4) is 0 Å². The van der Waals surface area contributed by atoms with E-state index >= 15 is 0 Å². The number of halogens is 7. The summed E-state index contributed by atoms with van der Waals surface area (Å²) in [4.78, 5) is 26.1. The van der Waals surface area contributed by atoms with Crippen molar-refractivity contribution in [1.82, 2.24) is 14.8 Å². The van der Waals surface area contributed by atoms with Gasteiger partial charge < -0.3 is 24.3 Å². The first-order valence-electron chi connectivity index (χ1n) is 12.6. The lowest BCUT2D eigenvalue weighted by Gasteiger charge is -2.32. The lowest BCUT2D eigenvalue weighted by Crippen LogP contribution is -2.38. The molecule has 0 spiro atoms. The molecule has 0 unspecified atom stereocenters. The normalized spacial score (nSPS) is 14.9. The number of aromatic nitrogens is 1. The molecule has 2 amide bonds. The number of nitrogens with one attached hydrogen (secondary N) is 1. The Morgan fingerprint density at radius 1 is 1.05 bits per heavy atom. The second-order valence-electron chi connectivity index (χ2n) is 9.53. The van der Waals surface area contributed by atoms with Gasteiger partial charge in [0.1, 0.15) is 11.6 Å². The van der Waals surface area contributed by atoms with Crippen molar-refractivity contribution in [3.63, 3.8) is 0 Å². The summed E-state index contributed by atoms with van der Waals surface area (Å²) in [6.45, 7) is 0.392. The molecule has 1 aliphatic heterocycles. The number of ether oxygens (including phenoxy) is 2. The number of likely N-dealkylation sites (tertiary alicyclic amines) is 1. The molecule has 1 N–H and O–H groups in total. The molecule has 41 heavy (non-hydrogen) atoms. The Hall–Kier alpha value is -3.81. The minimum atomic E-state index is -5.04. The number of benzene rings is 2. The van der Waals surface area contributed by atoms with Crippen LogP contribution in [0.1, 0.15) is 40.2 Å². The summed E-state index contributed by atoms with van der Waals surface area (Å²) in [6.07, 6.45) is -7.96. The SMILES string of the molecule is COCCn1cc(C(=O)N2CCC(c3cc(CNC(=O)C(F)(F)F)ccc3F)CC2)c2c(OC(F)(F)F)cccc21. The fourth-order valence-corrected chi connectivity index (χ4v) is 4.93. The van der Waals surface area contributed by atoms with E-state index in [0.717, 1.165) is 12.1 Å². The third-order valence-corrected chi connectivity index (χ3v) is 6.85. The minimum Gasteiger partial charge on any atom is -0.405 e. The molecule has 14 heteroatoms. The van der Waals surface area contributed by atoms with E-state index < -0.39 is 42.5 Å². The Balaban J connectivity index is 1.52. The monoisotopic (exact) mass is 589 g/mol. The maximum absolute atomic E-state index is 14.7. The summed E-state index contributed by atoms with van der Waals surface area (Å²) in [7, 11) is 1.47. The van der Waals surface area contributed by atoms with E-state index in [0.29, 0.717) is 18.4 Å². The summed E-state index contributed by atoms with van der Waals surface area (Å²) in [5, 5.41) is 1.75. The predicted molar refractivity (Wildman–Crippen MR) is 133 cm³/mol. The van der Waals surface area contributed by atoms with Gasteiger partial charge >= 0.3 is 18.4 Å². The number of rotatable bonds is 8. The van der Waals surface area contributed by atoms with E-state index in [1.54, 1.807) is 16.0 Å². The van der Waals surface area contributed by atoms with Crippen molar-refractivity contribution >= 4 is 22.7 Å². The summed E-state index contributed by atoms with van der Waals surface area (Å²) >= 11 is 0. The Kier molecular flexibility index (Phi) is 8.80. The smallest absolute Gasteiger partial charge is 0.405 e. The highest BCUT2D eigenvalue weighted by Gasteiger charge is 2.38. The molecule has 1 aliphatic rings. The minimum absolute atomic E-state index is 0.00713. The number of alkyl halides is 6. The third kappa shape index (κ3) is 7.10. The zero-order valence-corrected chi connectivity index (χ0v) is 21.7. The number of methoxy groups -OCH3 is 1. The maximum Gasteiger partial charge on any atom is 0.573 e. The number of carbonyl (C=O) groups is 2. The van der Waals surface area contributed by atoms with Gasteiger partial charge in [0.05, 0.1) is 23.1 Å². The van der Waals surface area contributed by atoms with Gasteiger partial charge in [-0.3, -0.25) is 9.59 Å². The van der Waals surface area contributed by atoms with Gasteiger partial charge in [-0.25, -0.2) is 4.39 Å². The van der Waals surface area contributed by atoms with Crippen molar-refractivity contribution in [1.29, 1.82) is 0 Å². The van der Waals surface area contributed by atoms with Crippen LogP contribution in [0.25, 0.3) is 10.9 Å². The van der Waals surface area contributed by atoms with Gasteiger partial charge in [0.15, 0.2) is 0 Å². The fraction of sp³-hybridized carbons (Fsp3) is 0.407. The molecular weight excluding hydrogens is 563 g/mol. The second-order valence-corrected chi connectivity index (χ2v) is 9.53. The van der Waals surface area contributed by atoms with E-state index in [9.17, 15) is 40.3 Å². The van der Waals surface area contributed by atoms with Crippen molar-refractivity contribution < 1.29 is 49.8 Å². The molecule has 3 aromatic rings. The van der Waals surface area contributed by atoms with E-state index in [2.05, 4.69) is 4.74 Å². The molecule has 1 fully saturated rings. The largest absolute Gasteiger partial charge is 0.573 e. The Morgan fingerprint density at radius 3 is 2.39 bits per heavy atom. The van der Waals surface area contributed by atoms with Crippen LogP contribution < -0.4 is 10.1 Å². The molecule has 4 rings (SSSR count). The van der Waals surface area contributed by atoms with Crippen molar-refractivity contribution in [3.05, 3.63) is 65.1 Å². The zero-order chi connectivity index (χ0) is 29.9. The number of nitrogens with zero attached hydrogens (tertiary/aromatic N) is 2. The van der Waals surface area contributed by atoms with Crippen LogP contribution >= 0.6 is 0 Å². The van der Waals surface area contributed by atoms with Crippen molar-refractivity contribution in [2.75, 3.05) is 26.8 Å². The highest BCUT2D eigenvalue weighted by atomic mass is 19.4. The van der Waals surface area contributed by atoms with Crippen LogP contribution in [0.4, 0.5) is 30.7 Å². The highest BCUT2D eigenvalue weighted by Crippen LogP contribution is 2.36. The van der Waals surface area contributed by atoms with E-state index in [1.165, 1.54) is 36.4 Å². The Bertz CT molecular complexity index is 1410. The first-order chi connectivity index (χ1) is 19.3. The van der Waals surface area contributed by atoms with E-state index in [-0.39, 0.29) is 54.2 Å². The van der Waals surface area contributed by atoms with Crippen LogP contribution in [0.5, 0.6) is 5.75 Å². The molecule has 2 aromatic carbocycles. The summed E-state index contributed by atoms with van der Waals surface area (Å²) in [6, 6.07) is 7.87. The molecule has 0 atom stereocenters. The van der Waals surface area contributed by atoms with Crippen molar-refractivity contribution in [2.24, 2.45) is 0 Å². The standard InChI is InChI=1S/C27H26F7N3O4/c1-40-12-11-37-15-19(23-21(37)3-2-4-22(23)41-27(32,33)34)24(38)36-9-7-17(8-10-36)18-13-16(5-6-20(18)28)14-35-25(39)26(29,30)31/h2-6,13,15,17H,7-12,14H2,1H3,(H,35,39). The molecule has 7 nitrogen and oxygen atoms in total. The van der Waals surface area contributed by atoms with Crippen molar-refractivity contribution in [2.45, 2.75) is 44.4 Å². The van der Waals surface area contributed by atoms with Crippen LogP contribution in [0.2, 0.25) is 0 Å². The molecule has 0 bridgehead atoms. The molecule has 1 aromatic heterocycles. The Labute approximate surface area is 229 Å². The topological polar surface area (TPSA) is 72.8 Å². The van der Waals surface area contributed by atoms with Crippen LogP contribution in [-0.2, 0) is 22.6 Å². The van der Waals surface area contributed by atoms with E-state index in [4.69, 9.17) is 4.74 Å². The average molecular weight is 590 g/mol. The maximum atomic E-state index is 14.7. The fourth-order valence-electron chi connectivity index (χ4n) is 4.93. The lowest BCUT2D eigenvalue weighted by atomic mass is 9.88. The van der Waals surface area contributed by atoms with Gasteiger partial charge in [0.25, 0.3) is 5.91 Å². The van der Waals surface area contributed by atoms with Crippen LogP contribution in [0.15, 0.2) is 42.6 Å². The third-order valence-electron chi connectivity index (χ3n) is 6.85. The quantitative estimate of drug-likeness (QED) is 0.351. The van der Waals surface area contributed by atoms with Crippen LogP contribution in [-0.4, -0.2) is 60.6 Å². The summed E-state index contributed by atoms with van der Waals surface area (Å²) in [5.74, 6) is -4.09. The number of piperidine rings is 1. The first kappa shape index (κ1) is 30.2. The first-order valence-corrected chi connectivity index (χ1v) is 12.6. The van der Waals surface area contributed by atoms with Crippen LogP contribution in [0, 0.1) is 5.82 Å².